The lowest BCUT2D eigenvalue weighted by atomic mass is 10.1. The van der Waals surface area contributed by atoms with E-state index >= 15 is 0 Å². The zero-order chi connectivity index (χ0) is 14.7. The Morgan fingerprint density at radius 3 is 2.60 bits per heavy atom. The van der Waals surface area contributed by atoms with Crippen LogP contribution < -0.4 is 14.8 Å². The molecule has 1 aromatic rings. The third-order valence-corrected chi connectivity index (χ3v) is 2.99. The first kappa shape index (κ1) is 14.1. The summed E-state index contributed by atoms with van der Waals surface area (Å²) in [7, 11) is 3.04. The first-order valence-electron chi connectivity index (χ1n) is 6.05. The number of hydrogen-bond donors (Lipinski definition) is 2. The van der Waals surface area contributed by atoms with Gasteiger partial charge < -0.3 is 19.9 Å². The molecule has 1 fully saturated rings. The molecule has 0 aliphatic carbocycles. The Morgan fingerprint density at radius 1 is 1.30 bits per heavy atom. The van der Waals surface area contributed by atoms with Gasteiger partial charge in [-0.25, -0.2) is 4.79 Å². The van der Waals surface area contributed by atoms with E-state index in [4.69, 9.17) is 9.47 Å². The molecule has 7 nitrogen and oxygen atoms in total. The van der Waals surface area contributed by atoms with Crippen LogP contribution in [0.5, 0.6) is 11.5 Å². The number of hydrogen-bond acceptors (Lipinski definition) is 5. The van der Waals surface area contributed by atoms with Crippen molar-refractivity contribution in [2.75, 3.05) is 14.2 Å². The number of nitrogens with zero attached hydrogens (tertiary/aromatic N) is 1. The molecular formula is C13H16N2O5. The molecule has 2 N–H and O–H groups in total. The third kappa shape index (κ3) is 2.83. The minimum absolute atomic E-state index is 0.109. The quantitative estimate of drug-likeness (QED) is 0.836. The van der Waals surface area contributed by atoms with E-state index in [2.05, 4.69) is 5.32 Å². The van der Waals surface area contributed by atoms with Gasteiger partial charge in [0.15, 0.2) is 11.5 Å². The summed E-state index contributed by atoms with van der Waals surface area (Å²) in [5.41, 5.74) is 0.725. The Balaban J connectivity index is 2.17. The predicted molar refractivity (Wildman–Crippen MR) is 69.3 cm³/mol. The smallest absolute Gasteiger partial charge is 0.326 e. The summed E-state index contributed by atoms with van der Waals surface area (Å²) >= 11 is 0. The van der Waals surface area contributed by atoms with Crippen molar-refractivity contribution in [1.82, 2.24) is 10.2 Å². The minimum atomic E-state index is -1.11. The molecule has 20 heavy (non-hydrogen) atoms. The number of benzene rings is 1. The van der Waals surface area contributed by atoms with Crippen LogP contribution in [0.1, 0.15) is 12.0 Å². The summed E-state index contributed by atoms with van der Waals surface area (Å²) in [4.78, 5) is 24.5. The number of methoxy groups -OCH3 is 2. The van der Waals surface area contributed by atoms with Crippen LogP contribution in [0.15, 0.2) is 18.2 Å². The molecule has 1 atom stereocenters. The fourth-order valence-corrected chi connectivity index (χ4v) is 1.98. The van der Waals surface area contributed by atoms with Gasteiger partial charge >= 0.3 is 6.03 Å². The fraction of sp³-hybridized carbons (Fsp3) is 0.385. The lowest BCUT2D eigenvalue weighted by Gasteiger charge is -2.28. The second kappa shape index (κ2) is 5.79. The molecule has 1 unspecified atom stereocenters. The predicted octanol–water partition coefficient (Wildman–Crippen LogP) is 0.464. The van der Waals surface area contributed by atoms with E-state index in [0.29, 0.717) is 11.5 Å². The van der Waals surface area contributed by atoms with Crippen LogP contribution in [0.3, 0.4) is 0 Å². The van der Waals surface area contributed by atoms with Gasteiger partial charge in [-0.1, -0.05) is 6.07 Å². The maximum Gasteiger partial charge on any atom is 0.326 e. The van der Waals surface area contributed by atoms with E-state index in [1.165, 1.54) is 14.2 Å². The van der Waals surface area contributed by atoms with Crippen molar-refractivity contribution in [3.63, 3.8) is 0 Å². The average Bonchev–Trinajstić information content (AvgIpc) is 2.42. The summed E-state index contributed by atoms with van der Waals surface area (Å²) < 4.78 is 10.3. The van der Waals surface area contributed by atoms with Crippen molar-refractivity contribution in [3.8, 4) is 11.5 Å². The highest BCUT2D eigenvalue weighted by atomic mass is 16.5. The molecule has 0 saturated carbocycles. The maximum atomic E-state index is 11.7. The van der Waals surface area contributed by atoms with Crippen LogP contribution in [0.2, 0.25) is 0 Å². The van der Waals surface area contributed by atoms with Crippen molar-refractivity contribution in [2.24, 2.45) is 0 Å². The molecule has 1 heterocycles. The van der Waals surface area contributed by atoms with E-state index in [0.717, 1.165) is 10.5 Å². The Morgan fingerprint density at radius 2 is 2.00 bits per heavy atom. The number of urea groups is 1. The Bertz CT molecular complexity index is 513. The fourth-order valence-electron chi connectivity index (χ4n) is 1.98. The Kier molecular flexibility index (Phi) is 4.09. The van der Waals surface area contributed by atoms with Crippen molar-refractivity contribution in [3.05, 3.63) is 23.8 Å². The van der Waals surface area contributed by atoms with Gasteiger partial charge in [-0.05, 0) is 17.7 Å². The van der Waals surface area contributed by atoms with Crippen LogP contribution in [0.25, 0.3) is 0 Å². The SMILES string of the molecule is COc1ccc(CN2C(=O)CC(O)NC2=O)cc1OC. The van der Waals surface area contributed by atoms with E-state index in [-0.39, 0.29) is 13.0 Å². The number of aliphatic hydroxyl groups excluding tert-OH is 1. The van der Waals surface area contributed by atoms with Crippen LogP contribution in [0, 0.1) is 0 Å². The molecule has 1 aliphatic rings. The number of amides is 3. The Labute approximate surface area is 116 Å². The normalized spacial score (nSPS) is 18.8. The lowest BCUT2D eigenvalue weighted by Crippen LogP contribution is -2.54. The first-order valence-corrected chi connectivity index (χ1v) is 6.05. The number of nitrogens with one attached hydrogen (secondary N) is 1. The Hall–Kier alpha value is -2.28. The van der Waals surface area contributed by atoms with Gasteiger partial charge in [-0.3, -0.25) is 9.69 Å². The number of carbonyl (C=O) groups is 2. The topological polar surface area (TPSA) is 88.1 Å². The van der Waals surface area contributed by atoms with Gasteiger partial charge in [0, 0.05) is 0 Å². The summed E-state index contributed by atoms with van der Waals surface area (Å²) in [6.07, 6.45) is -1.24. The minimum Gasteiger partial charge on any atom is -0.493 e. The van der Waals surface area contributed by atoms with E-state index < -0.39 is 18.2 Å². The van der Waals surface area contributed by atoms with E-state index in [9.17, 15) is 14.7 Å². The largest absolute Gasteiger partial charge is 0.493 e. The molecule has 7 heteroatoms. The highest BCUT2D eigenvalue weighted by Crippen LogP contribution is 2.28. The van der Waals surface area contributed by atoms with Gasteiger partial charge in [0.05, 0.1) is 27.2 Å². The van der Waals surface area contributed by atoms with Gasteiger partial charge in [0.25, 0.3) is 0 Å². The molecular weight excluding hydrogens is 264 g/mol. The van der Waals surface area contributed by atoms with Crippen LogP contribution >= 0.6 is 0 Å². The van der Waals surface area contributed by atoms with Crippen LogP contribution in [-0.2, 0) is 11.3 Å². The number of aliphatic hydroxyl groups is 1. The number of ether oxygens (including phenoxy) is 2. The first-order chi connectivity index (χ1) is 9.55. The molecule has 2 rings (SSSR count). The van der Waals surface area contributed by atoms with Gasteiger partial charge in [-0.15, -0.1) is 0 Å². The molecule has 1 aromatic carbocycles. The zero-order valence-electron chi connectivity index (χ0n) is 11.3. The summed E-state index contributed by atoms with van der Waals surface area (Å²) in [6, 6.07) is 4.54. The highest BCUT2D eigenvalue weighted by Gasteiger charge is 2.30. The van der Waals surface area contributed by atoms with Crippen LogP contribution in [0.4, 0.5) is 4.79 Å². The van der Waals surface area contributed by atoms with Crippen molar-refractivity contribution >= 4 is 11.9 Å². The monoisotopic (exact) mass is 280 g/mol. The van der Waals surface area contributed by atoms with Crippen molar-refractivity contribution in [2.45, 2.75) is 19.2 Å². The van der Waals surface area contributed by atoms with Crippen molar-refractivity contribution < 1.29 is 24.2 Å². The number of rotatable bonds is 4. The molecule has 1 saturated heterocycles. The van der Waals surface area contributed by atoms with Gasteiger partial charge in [0.1, 0.15) is 6.23 Å². The number of carbonyl (C=O) groups excluding carboxylic acids is 2. The molecule has 0 spiro atoms. The second-order valence-corrected chi connectivity index (χ2v) is 4.34. The summed E-state index contributed by atoms with van der Waals surface area (Å²) in [5, 5.41) is 11.6. The number of imide groups is 1. The molecule has 3 amide bonds. The van der Waals surface area contributed by atoms with E-state index in [1.807, 2.05) is 0 Å². The molecule has 1 aliphatic heterocycles. The molecule has 0 radical (unpaired) electrons. The van der Waals surface area contributed by atoms with Gasteiger partial charge in [-0.2, -0.15) is 0 Å². The zero-order valence-corrected chi connectivity index (χ0v) is 11.3. The molecule has 0 bridgehead atoms. The highest BCUT2D eigenvalue weighted by molar-refractivity contribution is 5.97. The second-order valence-electron chi connectivity index (χ2n) is 4.34. The molecule has 0 aromatic heterocycles. The maximum absolute atomic E-state index is 11.7. The molecule has 108 valence electrons. The standard InChI is InChI=1S/C13H16N2O5/c1-19-9-4-3-8(5-10(9)20-2)7-15-12(17)6-11(16)14-13(15)18/h3-5,11,16H,6-7H2,1-2H3,(H,14,18). The average molecular weight is 280 g/mol. The summed E-state index contributed by atoms with van der Waals surface area (Å²) in [6.45, 7) is 0.109. The summed E-state index contributed by atoms with van der Waals surface area (Å²) in [5.74, 6) is 0.673. The third-order valence-electron chi connectivity index (χ3n) is 2.99. The van der Waals surface area contributed by atoms with Crippen LogP contribution in [-0.4, -0.2) is 42.4 Å². The van der Waals surface area contributed by atoms with E-state index in [1.54, 1.807) is 18.2 Å². The van der Waals surface area contributed by atoms with Crippen molar-refractivity contribution in [1.29, 1.82) is 0 Å². The lowest BCUT2D eigenvalue weighted by molar-refractivity contribution is -0.133. The van der Waals surface area contributed by atoms with Gasteiger partial charge in [0.2, 0.25) is 5.91 Å².